The van der Waals surface area contributed by atoms with Gasteiger partial charge in [0, 0.05) is 5.56 Å². The van der Waals surface area contributed by atoms with Crippen LogP contribution >= 0.6 is 11.3 Å². The molecule has 0 fully saturated rings. The van der Waals surface area contributed by atoms with Gasteiger partial charge in [0.1, 0.15) is 5.82 Å². The first-order valence-electron chi connectivity index (χ1n) is 4.94. The fraction of sp³-hybridized carbons (Fsp3) is 0.154. The number of carbonyl (C=O) groups excluding carboxylic acids is 1. The highest BCUT2D eigenvalue weighted by Gasteiger charge is 2.14. The molecule has 0 N–H and O–H groups in total. The van der Waals surface area contributed by atoms with Crippen molar-refractivity contribution in [1.82, 2.24) is 0 Å². The highest BCUT2D eigenvalue weighted by atomic mass is 32.1. The number of benzene rings is 1. The smallest absolute Gasteiger partial charge is 0.203 e. The summed E-state index contributed by atoms with van der Waals surface area (Å²) in [4.78, 5) is 12.8. The quantitative estimate of drug-likeness (QED) is 0.723. The van der Waals surface area contributed by atoms with Gasteiger partial charge in [-0.05, 0) is 54.6 Å². The van der Waals surface area contributed by atoms with Gasteiger partial charge in [-0.3, -0.25) is 4.79 Å². The molecule has 0 atom stereocenters. The molecule has 1 aromatic heterocycles. The van der Waals surface area contributed by atoms with Gasteiger partial charge in [-0.1, -0.05) is 0 Å². The van der Waals surface area contributed by atoms with Crippen LogP contribution in [0.4, 0.5) is 4.39 Å². The lowest BCUT2D eigenvalue weighted by Gasteiger charge is -2.02. The fourth-order valence-corrected chi connectivity index (χ4v) is 2.49. The maximum absolute atomic E-state index is 13.2. The molecule has 82 valence electrons. The Kier molecular flexibility index (Phi) is 2.88. The molecule has 3 heteroatoms. The van der Waals surface area contributed by atoms with E-state index in [-0.39, 0.29) is 11.6 Å². The van der Waals surface area contributed by atoms with Crippen LogP contribution in [0.3, 0.4) is 0 Å². The summed E-state index contributed by atoms with van der Waals surface area (Å²) < 4.78 is 13.2. The maximum Gasteiger partial charge on any atom is 0.203 e. The Morgan fingerprint density at radius 1 is 1.25 bits per heavy atom. The lowest BCUT2D eigenvalue weighted by Crippen LogP contribution is -2.01. The first-order valence-corrected chi connectivity index (χ1v) is 5.82. The maximum atomic E-state index is 13.2. The predicted octanol–water partition coefficient (Wildman–Crippen LogP) is 3.74. The number of hydrogen-bond donors (Lipinski definition) is 0. The van der Waals surface area contributed by atoms with Gasteiger partial charge in [0.2, 0.25) is 5.78 Å². The largest absolute Gasteiger partial charge is 0.288 e. The number of thiophene rings is 1. The van der Waals surface area contributed by atoms with Crippen molar-refractivity contribution >= 4 is 17.1 Å². The van der Waals surface area contributed by atoms with Crippen LogP contribution in [-0.2, 0) is 0 Å². The van der Waals surface area contributed by atoms with Crippen molar-refractivity contribution in [1.29, 1.82) is 0 Å². The van der Waals surface area contributed by atoms with E-state index in [9.17, 15) is 9.18 Å². The molecule has 0 saturated heterocycles. The van der Waals surface area contributed by atoms with Crippen LogP contribution in [0.15, 0.2) is 29.6 Å². The van der Waals surface area contributed by atoms with Gasteiger partial charge in [-0.2, -0.15) is 0 Å². The molecule has 16 heavy (non-hydrogen) atoms. The van der Waals surface area contributed by atoms with E-state index in [4.69, 9.17) is 0 Å². The molecule has 1 nitrogen and oxygen atoms in total. The van der Waals surface area contributed by atoms with Crippen molar-refractivity contribution in [2.45, 2.75) is 13.8 Å². The van der Waals surface area contributed by atoms with Crippen molar-refractivity contribution < 1.29 is 9.18 Å². The van der Waals surface area contributed by atoms with Gasteiger partial charge in [0.15, 0.2) is 0 Å². The van der Waals surface area contributed by atoms with Crippen LogP contribution < -0.4 is 0 Å². The molecule has 2 aromatic rings. The van der Waals surface area contributed by atoms with Gasteiger partial charge in [0.25, 0.3) is 0 Å². The molecule has 0 aliphatic heterocycles. The van der Waals surface area contributed by atoms with E-state index in [1.807, 2.05) is 18.4 Å². The molecular formula is C13H11FOS. The Morgan fingerprint density at radius 3 is 2.56 bits per heavy atom. The Bertz CT molecular complexity index is 522. The van der Waals surface area contributed by atoms with Crippen molar-refractivity contribution in [2.24, 2.45) is 0 Å². The summed E-state index contributed by atoms with van der Waals surface area (Å²) in [6.07, 6.45) is 0. The third kappa shape index (κ3) is 2.04. The number of carbonyl (C=O) groups is 1. The third-order valence-corrected chi connectivity index (χ3v) is 3.39. The Balaban J connectivity index is 2.45. The minimum Gasteiger partial charge on any atom is -0.288 e. The van der Waals surface area contributed by atoms with Crippen LogP contribution in [0, 0.1) is 19.7 Å². The van der Waals surface area contributed by atoms with E-state index in [2.05, 4.69) is 0 Å². The van der Waals surface area contributed by atoms with E-state index in [0.717, 1.165) is 11.1 Å². The third-order valence-electron chi connectivity index (χ3n) is 2.37. The summed E-state index contributed by atoms with van der Waals surface area (Å²) in [6.45, 7) is 3.66. The Morgan fingerprint density at radius 2 is 2.00 bits per heavy atom. The van der Waals surface area contributed by atoms with Crippen LogP contribution in [0.1, 0.15) is 26.4 Å². The molecule has 2 rings (SSSR count). The van der Waals surface area contributed by atoms with Crippen LogP contribution in [0.25, 0.3) is 0 Å². The highest BCUT2D eigenvalue weighted by molar-refractivity contribution is 7.12. The van der Waals surface area contributed by atoms with Crippen molar-refractivity contribution in [3.8, 4) is 0 Å². The first-order chi connectivity index (χ1) is 7.58. The van der Waals surface area contributed by atoms with Crippen molar-refractivity contribution in [3.05, 3.63) is 57.0 Å². The minimum absolute atomic E-state index is 0.102. The van der Waals surface area contributed by atoms with Crippen LogP contribution in [0.5, 0.6) is 0 Å². The number of aryl methyl sites for hydroxylation is 2. The summed E-state index contributed by atoms with van der Waals surface area (Å²) in [6, 6.07) is 6.31. The summed E-state index contributed by atoms with van der Waals surface area (Å²) >= 11 is 1.39. The van der Waals surface area contributed by atoms with Gasteiger partial charge >= 0.3 is 0 Å². The lowest BCUT2D eigenvalue weighted by atomic mass is 10.0. The zero-order valence-corrected chi connectivity index (χ0v) is 9.90. The number of ketones is 1. The topological polar surface area (TPSA) is 17.1 Å². The molecule has 0 unspecified atom stereocenters. The fourth-order valence-electron chi connectivity index (χ4n) is 1.60. The zero-order valence-electron chi connectivity index (χ0n) is 9.08. The second-order valence-corrected chi connectivity index (χ2v) is 4.70. The first kappa shape index (κ1) is 11.0. The molecule has 0 bridgehead atoms. The minimum atomic E-state index is -0.363. The second-order valence-electron chi connectivity index (χ2n) is 3.78. The molecule has 0 amide bonds. The van der Waals surface area contributed by atoms with E-state index in [0.29, 0.717) is 10.4 Å². The zero-order chi connectivity index (χ0) is 11.7. The van der Waals surface area contributed by atoms with Crippen LogP contribution in [-0.4, -0.2) is 5.78 Å². The average Bonchev–Trinajstić information content (AvgIpc) is 2.62. The Labute approximate surface area is 97.6 Å². The highest BCUT2D eigenvalue weighted by Crippen LogP contribution is 2.21. The van der Waals surface area contributed by atoms with E-state index in [1.165, 1.54) is 23.5 Å². The molecule has 0 radical (unpaired) electrons. The number of hydrogen-bond acceptors (Lipinski definition) is 2. The van der Waals surface area contributed by atoms with Gasteiger partial charge in [-0.15, -0.1) is 11.3 Å². The molecule has 0 saturated carbocycles. The molecule has 0 spiro atoms. The average molecular weight is 234 g/mol. The molecule has 1 aromatic carbocycles. The summed E-state index contributed by atoms with van der Waals surface area (Å²) in [7, 11) is 0. The molecule has 0 aliphatic rings. The summed E-state index contributed by atoms with van der Waals surface area (Å²) in [5.74, 6) is -0.465. The molecule has 1 heterocycles. The summed E-state index contributed by atoms with van der Waals surface area (Å²) in [5, 5.41) is 1.87. The van der Waals surface area contributed by atoms with Crippen molar-refractivity contribution in [3.63, 3.8) is 0 Å². The van der Waals surface area contributed by atoms with E-state index >= 15 is 0 Å². The van der Waals surface area contributed by atoms with Crippen LogP contribution in [0.2, 0.25) is 0 Å². The SMILES string of the molecule is Cc1cc(F)cc(C(=O)c2sccc2C)c1. The Hall–Kier alpha value is -1.48. The normalized spacial score (nSPS) is 10.4. The second kappa shape index (κ2) is 4.18. The van der Waals surface area contributed by atoms with Crippen molar-refractivity contribution in [2.75, 3.05) is 0 Å². The monoisotopic (exact) mass is 234 g/mol. The lowest BCUT2D eigenvalue weighted by molar-refractivity contribution is 0.104. The summed E-state index contributed by atoms with van der Waals surface area (Å²) in [5.41, 5.74) is 2.12. The number of rotatable bonds is 2. The standard InChI is InChI=1S/C13H11FOS/c1-8-5-10(7-11(14)6-8)12(15)13-9(2)3-4-16-13/h3-7H,1-2H3. The van der Waals surface area contributed by atoms with E-state index < -0.39 is 0 Å². The van der Waals surface area contributed by atoms with E-state index in [1.54, 1.807) is 13.0 Å². The molecular weight excluding hydrogens is 223 g/mol. The van der Waals surface area contributed by atoms with Gasteiger partial charge < -0.3 is 0 Å². The number of halogens is 1. The van der Waals surface area contributed by atoms with Gasteiger partial charge in [-0.25, -0.2) is 4.39 Å². The predicted molar refractivity (Wildman–Crippen MR) is 63.6 cm³/mol. The van der Waals surface area contributed by atoms with Gasteiger partial charge in [0.05, 0.1) is 4.88 Å². The molecule has 0 aliphatic carbocycles.